The van der Waals surface area contributed by atoms with Crippen molar-refractivity contribution in [3.8, 4) is 0 Å². The van der Waals surface area contributed by atoms with Crippen molar-refractivity contribution >= 4 is 34.3 Å². The molecule has 0 radical (unpaired) electrons. The summed E-state index contributed by atoms with van der Waals surface area (Å²) in [5.74, 6) is -0.0942. The maximum absolute atomic E-state index is 12.5. The Morgan fingerprint density at radius 2 is 1.86 bits per heavy atom. The molecular weight excluding hydrogens is 372 g/mol. The molecule has 0 aliphatic heterocycles. The van der Waals surface area contributed by atoms with E-state index in [1.54, 1.807) is 11.8 Å². The Morgan fingerprint density at radius 3 is 2.61 bits per heavy atom. The summed E-state index contributed by atoms with van der Waals surface area (Å²) >= 11 is 1.59. The molecule has 2 aromatic carbocycles. The predicted molar refractivity (Wildman–Crippen MR) is 115 cm³/mol. The van der Waals surface area contributed by atoms with Gasteiger partial charge in [-0.2, -0.15) is 0 Å². The smallest absolute Gasteiger partial charge is 0.336 e. The average Bonchev–Trinajstić information content (AvgIpc) is 2.63. The number of nitrogens with one attached hydrogen (secondary N) is 1. The number of carbonyl (C=O) groups excluding carboxylic acids is 1. The summed E-state index contributed by atoms with van der Waals surface area (Å²) in [6.07, 6.45) is 1.98. The Balaban J connectivity index is 1.76. The molecule has 0 spiro atoms. The summed E-state index contributed by atoms with van der Waals surface area (Å²) < 4.78 is 5.35. The maximum Gasteiger partial charge on any atom is 0.336 e. The lowest BCUT2D eigenvalue weighted by Gasteiger charge is -2.18. The van der Waals surface area contributed by atoms with E-state index in [0.29, 0.717) is 12.1 Å². The van der Waals surface area contributed by atoms with Gasteiger partial charge in [0.15, 0.2) is 0 Å². The molecule has 6 heteroatoms. The van der Waals surface area contributed by atoms with Crippen molar-refractivity contribution in [2.24, 2.45) is 0 Å². The Bertz CT molecular complexity index is 1080. The van der Waals surface area contributed by atoms with Gasteiger partial charge in [-0.05, 0) is 68.1 Å². The number of likely N-dealkylation sites (N-methyl/N-ethyl adjacent to an activating group) is 1. The minimum Gasteiger partial charge on any atom is -0.423 e. The third kappa shape index (κ3) is 4.64. The van der Waals surface area contributed by atoms with Crippen LogP contribution >= 0.6 is 11.8 Å². The van der Waals surface area contributed by atoms with Crippen LogP contribution in [-0.4, -0.2) is 30.7 Å². The lowest BCUT2D eigenvalue weighted by molar-refractivity contribution is -0.117. The molecule has 0 fully saturated rings. The van der Waals surface area contributed by atoms with Gasteiger partial charge in [0.2, 0.25) is 5.91 Å². The van der Waals surface area contributed by atoms with Gasteiger partial charge in [-0.25, -0.2) is 4.79 Å². The molecule has 1 amide bonds. The highest BCUT2D eigenvalue weighted by Gasteiger charge is 2.13. The zero-order chi connectivity index (χ0) is 20.3. The number of rotatable bonds is 6. The van der Waals surface area contributed by atoms with Crippen molar-refractivity contribution in [2.45, 2.75) is 25.3 Å². The van der Waals surface area contributed by atoms with E-state index < -0.39 is 0 Å². The number of fused-ring (bicyclic) bond motifs is 1. The van der Waals surface area contributed by atoms with Crippen LogP contribution in [0.4, 0.5) is 5.69 Å². The first-order valence-corrected chi connectivity index (χ1v) is 10.2. The first-order valence-electron chi connectivity index (χ1n) is 9.03. The van der Waals surface area contributed by atoms with Gasteiger partial charge in [0.1, 0.15) is 5.58 Å². The second-order valence-electron chi connectivity index (χ2n) is 6.94. The fraction of sp³-hybridized carbons (Fsp3) is 0.273. The summed E-state index contributed by atoms with van der Waals surface area (Å²) in [4.78, 5) is 27.3. The van der Waals surface area contributed by atoms with Gasteiger partial charge in [0.05, 0.1) is 12.2 Å². The standard InChI is InChI=1S/C22H24N2O3S/c1-14-9-17-16(11-22(26)27-19(17)10-15(14)2)12-24(3)13-21(25)23-18-7-5-6-8-20(18)28-4/h5-11H,12-13H2,1-4H3,(H,23,25). The molecule has 0 bridgehead atoms. The van der Waals surface area contributed by atoms with Crippen molar-refractivity contribution < 1.29 is 9.21 Å². The highest BCUT2D eigenvalue weighted by molar-refractivity contribution is 7.98. The molecular formula is C22H24N2O3S. The number of hydrogen-bond donors (Lipinski definition) is 1. The zero-order valence-corrected chi connectivity index (χ0v) is 17.4. The Labute approximate surface area is 168 Å². The fourth-order valence-electron chi connectivity index (χ4n) is 3.14. The van der Waals surface area contributed by atoms with E-state index in [1.165, 1.54) is 6.07 Å². The number of carbonyl (C=O) groups is 1. The van der Waals surface area contributed by atoms with Crippen LogP contribution in [0.3, 0.4) is 0 Å². The van der Waals surface area contributed by atoms with Gasteiger partial charge in [-0.1, -0.05) is 12.1 Å². The summed E-state index contributed by atoms with van der Waals surface area (Å²) in [5, 5.41) is 3.87. The van der Waals surface area contributed by atoms with Gasteiger partial charge in [0, 0.05) is 22.9 Å². The molecule has 146 valence electrons. The van der Waals surface area contributed by atoms with E-state index in [0.717, 1.165) is 32.7 Å². The van der Waals surface area contributed by atoms with E-state index in [1.807, 2.05) is 68.4 Å². The molecule has 0 saturated carbocycles. The lowest BCUT2D eigenvalue weighted by atomic mass is 10.0. The van der Waals surface area contributed by atoms with Crippen LogP contribution in [0.2, 0.25) is 0 Å². The van der Waals surface area contributed by atoms with Crippen molar-refractivity contribution in [1.29, 1.82) is 0 Å². The highest BCUT2D eigenvalue weighted by Crippen LogP contribution is 2.25. The number of hydrogen-bond acceptors (Lipinski definition) is 5. The van der Waals surface area contributed by atoms with Crippen molar-refractivity contribution in [2.75, 3.05) is 25.2 Å². The van der Waals surface area contributed by atoms with Crippen LogP contribution in [0.15, 0.2) is 56.6 Å². The number of amides is 1. The first-order chi connectivity index (χ1) is 13.4. The molecule has 0 unspecified atom stereocenters. The van der Waals surface area contributed by atoms with Crippen LogP contribution in [-0.2, 0) is 11.3 Å². The predicted octanol–water partition coefficient (Wildman–Crippen LogP) is 4.20. The third-order valence-electron chi connectivity index (χ3n) is 4.68. The number of nitrogens with zero attached hydrogens (tertiary/aromatic N) is 1. The van der Waals surface area contributed by atoms with E-state index in [9.17, 15) is 9.59 Å². The molecule has 0 atom stereocenters. The second-order valence-corrected chi connectivity index (χ2v) is 7.79. The van der Waals surface area contributed by atoms with Crippen LogP contribution < -0.4 is 10.9 Å². The van der Waals surface area contributed by atoms with Crippen molar-refractivity contribution in [3.63, 3.8) is 0 Å². The quantitative estimate of drug-likeness (QED) is 0.500. The fourth-order valence-corrected chi connectivity index (χ4v) is 3.70. The maximum atomic E-state index is 12.5. The van der Waals surface area contributed by atoms with Crippen LogP contribution in [0.5, 0.6) is 0 Å². The van der Waals surface area contributed by atoms with Gasteiger partial charge < -0.3 is 9.73 Å². The number of para-hydroxylation sites is 1. The van der Waals surface area contributed by atoms with Crippen molar-refractivity contribution in [1.82, 2.24) is 4.90 Å². The molecule has 28 heavy (non-hydrogen) atoms. The molecule has 1 aromatic heterocycles. The minimum absolute atomic E-state index is 0.0942. The summed E-state index contributed by atoms with van der Waals surface area (Å²) in [6.45, 7) is 4.71. The van der Waals surface area contributed by atoms with Crippen molar-refractivity contribution in [3.05, 3.63) is 69.6 Å². The van der Waals surface area contributed by atoms with E-state index in [4.69, 9.17) is 4.42 Å². The number of aryl methyl sites for hydroxylation is 2. The normalized spacial score (nSPS) is 11.2. The van der Waals surface area contributed by atoms with Gasteiger partial charge in [-0.15, -0.1) is 11.8 Å². The van der Waals surface area contributed by atoms with Gasteiger partial charge in [-0.3, -0.25) is 9.69 Å². The average molecular weight is 397 g/mol. The second kappa shape index (κ2) is 8.63. The Morgan fingerprint density at radius 1 is 1.14 bits per heavy atom. The number of thioether (sulfide) groups is 1. The Kier molecular flexibility index (Phi) is 6.21. The topological polar surface area (TPSA) is 62.6 Å². The first kappa shape index (κ1) is 20.2. The largest absolute Gasteiger partial charge is 0.423 e. The molecule has 5 nitrogen and oxygen atoms in total. The van der Waals surface area contributed by atoms with Gasteiger partial charge in [0.25, 0.3) is 0 Å². The summed E-state index contributed by atoms with van der Waals surface area (Å²) in [5.41, 5.74) is 4.08. The van der Waals surface area contributed by atoms with Crippen LogP contribution in [0.1, 0.15) is 16.7 Å². The molecule has 0 aliphatic carbocycles. The zero-order valence-electron chi connectivity index (χ0n) is 16.5. The van der Waals surface area contributed by atoms with E-state index in [2.05, 4.69) is 5.32 Å². The summed E-state index contributed by atoms with van der Waals surface area (Å²) in [6, 6.07) is 13.2. The molecule has 3 rings (SSSR count). The molecule has 3 aromatic rings. The molecule has 0 aliphatic rings. The lowest BCUT2D eigenvalue weighted by Crippen LogP contribution is -2.30. The van der Waals surface area contributed by atoms with Crippen LogP contribution in [0.25, 0.3) is 11.0 Å². The highest BCUT2D eigenvalue weighted by atomic mass is 32.2. The Hall–Kier alpha value is -2.57. The van der Waals surface area contributed by atoms with E-state index >= 15 is 0 Å². The number of benzene rings is 2. The number of anilines is 1. The van der Waals surface area contributed by atoms with Gasteiger partial charge >= 0.3 is 5.63 Å². The molecule has 0 saturated heterocycles. The monoisotopic (exact) mass is 396 g/mol. The third-order valence-corrected chi connectivity index (χ3v) is 5.48. The molecule has 1 heterocycles. The SMILES string of the molecule is CSc1ccccc1NC(=O)CN(C)Cc1cc(=O)oc2cc(C)c(C)cc12. The van der Waals surface area contributed by atoms with E-state index in [-0.39, 0.29) is 18.1 Å². The van der Waals surface area contributed by atoms with Crippen LogP contribution in [0, 0.1) is 13.8 Å². The molecule has 1 N–H and O–H groups in total. The minimum atomic E-state index is -0.377. The summed E-state index contributed by atoms with van der Waals surface area (Å²) in [7, 11) is 1.86.